The van der Waals surface area contributed by atoms with Crippen molar-refractivity contribution in [2.45, 2.75) is 12.8 Å². The van der Waals surface area contributed by atoms with Crippen LogP contribution in [-0.4, -0.2) is 28.0 Å². The van der Waals surface area contributed by atoms with Crippen LogP contribution in [0.4, 0.5) is 5.69 Å². The van der Waals surface area contributed by atoms with Crippen molar-refractivity contribution in [3.8, 4) is 5.75 Å². The van der Waals surface area contributed by atoms with Crippen LogP contribution in [-0.2, 0) is 9.59 Å². The molecule has 0 aromatic heterocycles. The average molecular weight is 419 g/mol. The molecule has 134 valence electrons. The van der Waals surface area contributed by atoms with E-state index in [0.717, 1.165) is 30.1 Å². The molecule has 0 unspecified atom stereocenters. The number of amides is 2. The van der Waals surface area contributed by atoms with Crippen molar-refractivity contribution in [2.75, 3.05) is 0 Å². The Morgan fingerprint density at radius 1 is 1.15 bits per heavy atom. The van der Waals surface area contributed by atoms with Crippen LogP contribution in [0.1, 0.15) is 18.4 Å². The van der Waals surface area contributed by atoms with Crippen molar-refractivity contribution >= 4 is 39.6 Å². The number of halogens is 1. The number of benzene rings is 1. The predicted molar refractivity (Wildman–Crippen MR) is 92.0 cm³/mol. The first-order chi connectivity index (χ1) is 12.4. The fourth-order valence-electron chi connectivity index (χ4n) is 4.12. The molecule has 4 atom stereocenters. The lowest BCUT2D eigenvalue weighted by Gasteiger charge is -2.37. The Bertz CT molecular complexity index is 865. The van der Waals surface area contributed by atoms with Crippen molar-refractivity contribution in [2.24, 2.45) is 28.8 Å². The number of rotatable bonds is 3. The maximum absolute atomic E-state index is 12.7. The minimum Gasteiger partial charge on any atom is -0.867 e. The van der Waals surface area contributed by atoms with Crippen LogP contribution in [0.2, 0.25) is 0 Å². The van der Waals surface area contributed by atoms with E-state index in [1.807, 2.05) is 12.2 Å². The number of allylic oxidation sites excluding steroid dienone is 2. The lowest BCUT2D eigenvalue weighted by atomic mass is 9.63. The van der Waals surface area contributed by atoms with Gasteiger partial charge in [-0.05, 0) is 42.1 Å². The number of hydrogen-bond donors (Lipinski definition) is 0. The Morgan fingerprint density at radius 2 is 1.73 bits per heavy atom. The topological polar surface area (TPSA) is 116 Å². The molecule has 1 saturated heterocycles. The van der Waals surface area contributed by atoms with Gasteiger partial charge in [-0.25, -0.2) is 0 Å². The molecular formula is C17H13BrN3O5-. The van der Waals surface area contributed by atoms with Gasteiger partial charge in [0.1, 0.15) is 0 Å². The third-order valence-corrected chi connectivity index (χ3v) is 5.77. The summed E-state index contributed by atoms with van der Waals surface area (Å²) >= 11 is 3.11. The number of nitro groups is 1. The molecule has 0 N–H and O–H groups in total. The molecule has 1 aliphatic heterocycles. The van der Waals surface area contributed by atoms with Crippen molar-refractivity contribution in [3.63, 3.8) is 0 Å². The van der Waals surface area contributed by atoms with E-state index in [4.69, 9.17) is 0 Å². The highest BCUT2D eigenvalue weighted by atomic mass is 79.9. The van der Waals surface area contributed by atoms with Crippen molar-refractivity contribution in [1.82, 2.24) is 5.01 Å². The number of nitro benzene ring substituents is 1. The average Bonchev–Trinajstić information content (AvgIpc) is 2.89. The van der Waals surface area contributed by atoms with Crippen molar-refractivity contribution < 1.29 is 19.6 Å². The van der Waals surface area contributed by atoms with E-state index in [9.17, 15) is 24.8 Å². The molecule has 1 heterocycles. The quantitative estimate of drug-likeness (QED) is 0.244. The standard InChI is InChI=1S/C17H14BrN3O5/c18-11-5-10(15(22)12(6-11)21(25)26)7-19-20-16(23)13-8-1-2-9(4-3-8)14(13)17(20)24/h1-2,5-9,13-14,22H,3-4H2/p-1/b19-7-/t8-,9-,13-,14+/m1/s1. The number of hydrogen-bond acceptors (Lipinski definition) is 6. The molecule has 1 saturated carbocycles. The highest BCUT2D eigenvalue weighted by Gasteiger charge is 2.56. The van der Waals surface area contributed by atoms with Gasteiger partial charge in [0.05, 0.1) is 23.0 Å². The number of hydrazone groups is 1. The molecule has 2 bridgehead atoms. The van der Waals surface area contributed by atoms with Gasteiger partial charge in [0.25, 0.3) is 17.5 Å². The van der Waals surface area contributed by atoms with Crippen LogP contribution >= 0.6 is 15.9 Å². The summed E-state index contributed by atoms with van der Waals surface area (Å²) in [5.41, 5.74) is -0.668. The fourth-order valence-corrected chi connectivity index (χ4v) is 4.59. The molecule has 2 fully saturated rings. The highest BCUT2D eigenvalue weighted by Crippen LogP contribution is 2.49. The summed E-state index contributed by atoms with van der Waals surface area (Å²) in [5, 5.41) is 27.8. The molecule has 2 amide bonds. The molecule has 0 spiro atoms. The number of imide groups is 1. The monoisotopic (exact) mass is 418 g/mol. The van der Waals surface area contributed by atoms with Gasteiger partial charge in [-0.3, -0.25) is 19.7 Å². The van der Waals surface area contributed by atoms with Crippen LogP contribution in [0.15, 0.2) is 33.9 Å². The van der Waals surface area contributed by atoms with E-state index in [2.05, 4.69) is 21.0 Å². The predicted octanol–water partition coefficient (Wildman–Crippen LogP) is 1.96. The van der Waals surface area contributed by atoms with E-state index >= 15 is 0 Å². The lowest BCUT2D eigenvalue weighted by molar-refractivity contribution is -0.398. The SMILES string of the molecule is O=C1[C@@H]2[C@H](C(=O)N1/N=C\c1cc(Br)cc([N+](=O)[O-])c1[O-])[C@@H]1C=C[C@@H]2CC1. The minimum absolute atomic E-state index is 0.0451. The second-order valence-electron chi connectivity index (χ2n) is 6.67. The van der Waals surface area contributed by atoms with Gasteiger partial charge in [-0.2, -0.15) is 10.1 Å². The Hall–Kier alpha value is -2.55. The molecule has 1 aromatic carbocycles. The van der Waals surface area contributed by atoms with Gasteiger partial charge in [-0.1, -0.05) is 28.1 Å². The largest absolute Gasteiger partial charge is 0.867 e. The highest BCUT2D eigenvalue weighted by molar-refractivity contribution is 9.10. The van der Waals surface area contributed by atoms with Crippen LogP contribution < -0.4 is 5.11 Å². The molecule has 26 heavy (non-hydrogen) atoms. The van der Waals surface area contributed by atoms with Crippen LogP contribution in [0.25, 0.3) is 0 Å². The summed E-state index contributed by atoms with van der Waals surface area (Å²) in [6.07, 6.45) is 6.80. The summed E-state index contributed by atoms with van der Waals surface area (Å²) in [4.78, 5) is 35.5. The van der Waals surface area contributed by atoms with Crippen LogP contribution in [0, 0.1) is 33.8 Å². The minimum atomic E-state index is -0.819. The van der Waals surface area contributed by atoms with Gasteiger partial charge in [0.15, 0.2) is 0 Å². The zero-order chi connectivity index (χ0) is 18.6. The van der Waals surface area contributed by atoms with E-state index in [0.29, 0.717) is 4.47 Å². The third-order valence-electron chi connectivity index (χ3n) is 5.31. The smallest absolute Gasteiger partial charge is 0.263 e. The normalized spacial score (nSPS) is 29.7. The summed E-state index contributed by atoms with van der Waals surface area (Å²) in [7, 11) is 0. The van der Waals surface area contributed by atoms with Gasteiger partial charge in [0, 0.05) is 10.5 Å². The van der Waals surface area contributed by atoms with E-state index in [1.54, 1.807) is 0 Å². The van der Waals surface area contributed by atoms with E-state index in [1.165, 1.54) is 6.07 Å². The molecular weight excluding hydrogens is 406 g/mol. The molecule has 9 heteroatoms. The number of nitrogens with zero attached hydrogens (tertiary/aromatic N) is 3. The maximum atomic E-state index is 12.7. The van der Waals surface area contributed by atoms with Crippen LogP contribution in [0.5, 0.6) is 5.75 Å². The van der Waals surface area contributed by atoms with E-state index < -0.39 is 28.2 Å². The Morgan fingerprint density at radius 3 is 2.23 bits per heavy atom. The second-order valence-corrected chi connectivity index (χ2v) is 7.59. The summed E-state index contributed by atoms with van der Waals surface area (Å²) in [5.74, 6) is -2.26. The maximum Gasteiger partial charge on any atom is 0.263 e. The molecule has 3 aliphatic carbocycles. The molecule has 0 radical (unpaired) electrons. The van der Waals surface area contributed by atoms with Gasteiger partial charge >= 0.3 is 0 Å². The summed E-state index contributed by atoms with van der Waals surface area (Å²) in [6.45, 7) is 0. The van der Waals surface area contributed by atoms with Crippen LogP contribution in [0.3, 0.4) is 0 Å². The van der Waals surface area contributed by atoms with Gasteiger partial charge in [-0.15, -0.1) is 0 Å². The molecule has 4 aliphatic rings. The lowest BCUT2D eigenvalue weighted by Crippen LogP contribution is -2.38. The first kappa shape index (κ1) is 16.9. The van der Waals surface area contributed by atoms with Crippen molar-refractivity contribution in [3.05, 3.63) is 44.4 Å². The van der Waals surface area contributed by atoms with Crippen molar-refractivity contribution in [1.29, 1.82) is 0 Å². The number of fused-ring (bicyclic) bond motifs is 1. The summed E-state index contributed by atoms with van der Waals surface area (Å²) in [6, 6.07) is 2.46. The molecule has 5 rings (SSSR count). The summed E-state index contributed by atoms with van der Waals surface area (Å²) < 4.78 is 0.334. The zero-order valence-corrected chi connectivity index (χ0v) is 15.0. The number of carbonyl (C=O) groups excluding carboxylic acids is 2. The zero-order valence-electron chi connectivity index (χ0n) is 13.4. The van der Waals surface area contributed by atoms with E-state index in [-0.39, 0.29) is 29.2 Å². The van der Waals surface area contributed by atoms with Gasteiger partial charge < -0.3 is 5.11 Å². The second kappa shape index (κ2) is 6.01. The molecule has 1 aromatic rings. The molecule has 8 nitrogen and oxygen atoms in total. The Labute approximate surface area is 156 Å². The first-order valence-electron chi connectivity index (χ1n) is 8.13. The Kier molecular flexibility index (Phi) is 3.91. The number of carbonyl (C=O) groups is 2. The fraction of sp³-hybridized carbons (Fsp3) is 0.353. The third kappa shape index (κ3) is 2.45. The first-order valence-corrected chi connectivity index (χ1v) is 8.93. The van der Waals surface area contributed by atoms with Gasteiger partial charge in [0.2, 0.25) is 0 Å². The Balaban J connectivity index is 1.65.